The molecule has 0 N–H and O–H groups in total. The molecule has 33 heavy (non-hydrogen) atoms. The van der Waals surface area contributed by atoms with Crippen molar-refractivity contribution in [2.24, 2.45) is 35.0 Å². The van der Waals surface area contributed by atoms with Crippen LogP contribution in [-0.4, -0.2) is 29.0 Å². The Morgan fingerprint density at radius 3 is 2.64 bits per heavy atom. The third-order valence-electron chi connectivity index (χ3n) is 11.7. The van der Waals surface area contributed by atoms with Crippen molar-refractivity contribution in [2.75, 3.05) is 13.1 Å². The second-order valence-electron chi connectivity index (χ2n) is 12.8. The van der Waals surface area contributed by atoms with Crippen molar-refractivity contribution in [3.05, 3.63) is 42.2 Å². The monoisotopic (exact) mass is 442 g/mol. The van der Waals surface area contributed by atoms with Crippen LogP contribution in [0.3, 0.4) is 0 Å². The lowest BCUT2D eigenvalue weighted by Gasteiger charge is -2.57. The van der Waals surface area contributed by atoms with Crippen LogP contribution in [0.5, 0.6) is 0 Å². The highest BCUT2D eigenvalue weighted by Crippen LogP contribution is 2.66. The van der Waals surface area contributed by atoms with Gasteiger partial charge in [0.1, 0.15) is 0 Å². The van der Waals surface area contributed by atoms with Gasteiger partial charge in [0.15, 0.2) is 0 Å². The maximum absolute atomic E-state index is 4.32. The maximum Gasteiger partial charge on any atom is 0.0346 e. The molecule has 1 aliphatic heterocycles. The second kappa shape index (κ2) is 8.08. The normalized spacial score (nSPS) is 43.2. The Hall–Kier alpha value is -1.41. The zero-order valence-electron chi connectivity index (χ0n) is 20.6. The molecule has 176 valence electrons. The molecule has 0 spiro atoms. The summed E-state index contributed by atoms with van der Waals surface area (Å²) in [5.41, 5.74) is 2.12. The molecule has 8 atom stereocenters. The summed E-state index contributed by atoms with van der Waals surface area (Å²) in [7, 11) is 0. The predicted molar refractivity (Wildman–Crippen MR) is 136 cm³/mol. The van der Waals surface area contributed by atoms with E-state index in [-0.39, 0.29) is 0 Å². The lowest BCUT2D eigenvalue weighted by molar-refractivity contribution is -0.0638. The van der Waals surface area contributed by atoms with E-state index in [2.05, 4.69) is 41.1 Å². The first-order valence-corrected chi connectivity index (χ1v) is 14.3. The molecular formula is C31H42N2. The number of aromatic nitrogens is 1. The maximum atomic E-state index is 4.32. The van der Waals surface area contributed by atoms with Crippen LogP contribution in [0.1, 0.15) is 89.0 Å². The molecule has 1 aromatic heterocycles. The van der Waals surface area contributed by atoms with Gasteiger partial charge in [-0.1, -0.05) is 25.1 Å². The lowest BCUT2D eigenvalue weighted by Crippen LogP contribution is -2.50. The van der Waals surface area contributed by atoms with Gasteiger partial charge in [-0.05, 0) is 142 Å². The number of hydrogen-bond donors (Lipinski definition) is 0. The van der Waals surface area contributed by atoms with Crippen LogP contribution < -0.4 is 0 Å². The Kier molecular flexibility index (Phi) is 5.12. The summed E-state index contributed by atoms with van der Waals surface area (Å²) in [6, 6.07) is 10.4. The number of pyridine rings is 1. The first-order valence-electron chi connectivity index (χ1n) is 14.3. The van der Waals surface area contributed by atoms with Crippen LogP contribution >= 0.6 is 0 Å². The molecule has 0 radical (unpaired) electrons. The predicted octanol–water partition coefficient (Wildman–Crippen LogP) is 7.44. The summed E-state index contributed by atoms with van der Waals surface area (Å²) in [6.45, 7) is 5.47. The van der Waals surface area contributed by atoms with Crippen LogP contribution in [-0.2, 0) is 0 Å². The fraction of sp³-hybridized carbons (Fsp3) is 0.710. The molecule has 8 unspecified atom stereocenters. The molecule has 2 heteroatoms. The Bertz CT molecular complexity index is 1010. The molecule has 2 heterocycles. The minimum atomic E-state index is 0.515. The van der Waals surface area contributed by atoms with Crippen molar-refractivity contribution in [2.45, 2.75) is 89.5 Å². The molecule has 4 aliphatic carbocycles. The van der Waals surface area contributed by atoms with Crippen LogP contribution in [0.2, 0.25) is 0 Å². The third kappa shape index (κ3) is 3.33. The summed E-state index contributed by atoms with van der Waals surface area (Å²) in [6.07, 6.45) is 20.4. The van der Waals surface area contributed by atoms with Crippen molar-refractivity contribution in [3.63, 3.8) is 0 Å². The third-order valence-corrected chi connectivity index (χ3v) is 11.7. The van der Waals surface area contributed by atoms with Gasteiger partial charge in [-0.15, -0.1) is 0 Å². The van der Waals surface area contributed by atoms with Gasteiger partial charge in [-0.2, -0.15) is 0 Å². The average molecular weight is 443 g/mol. The first-order chi connectivity index (χ1) is 16.2. The van der Waals surface area contributed by atoms with Crippen LogP contribution in [0.15, 0.2) is 36.7 Å². The number of likely N-dealkylation sites (tertiary alicyclic amines) is 1. The highest BCUT2D eigenvalue weighted by molar-refractivity contribution is 5.82. The summed E-state index contributed by atoms with van der Waals surface area (Å²) in [4.78, 5) is 7.18. The Balaban J connectivity index is 1.10. The van der Waals surface area contributed by atoms with E-state index < -0.39 is 0 Å². The summed E-state index contributed by atoms with van der Waals surface area (Å²) < 4.78 is 0. The van der Waals surface area contributed by atoms with E-state index in [9.17, 15) is 0 Å². The molecule has 4 saturated carbocycles. The molecule has 5 aliphatic rings. The minimum Gasteiger partial charge on any atom is -0.300 e. The van der Waals surface area contributed by atoms with Crippen molar-refractivity contribution in [3.8, 4) is 0 Å². The molecule has 0 amide bonds. The highest BCUT2D eigenvalue weighted by atomic mass is 15.2. The molecule has 7 rings (SSSR count). The van der Waals surface area contributed by atoms with Crippen LogP contribution in [0.25, 0.3) is 10.8 Å². The average Bonchev–Trinajstić information content (AvgIpc) is 3.51. The van der Waals surface area contributed by atoms with Crippen LogP contribution in [0.4, 0.5) is 0 Å². The van der Waals surface area contributed by atoms with E-state index >= 15 is 0 Å². The SMILES string of the molecule is CC12CCC3C4CCC(N5CCCC5)CC4CCC3C1CCC2c1ccc2cnccc2c1. The summed E-state index contributed by atoms with van der Waals surface area (Å²) in [5, 5.41) is 2.66. The van der Waals surface area contributed by atoms with Gasteiger partial charge in [0.25, 0.3) is 0 Å². The highest BCUT2D eigenvalue weighted by Gasteiger charge is 2.57. The van der Waals surface area contributed by atoms with Crippen molar-refractivity contribution in [1.29, 1.82) is 0 Å². The zero-order valence-corrected chi connectivity index (χ0v) is 20.6. The van der Waals surface area contributed by atoms with Gasteiger partial charge >= 0.3 is 0 Å². The van der Waals surface area contributed by atoms with E-state index in [4.69, 9.17) is 0 Å². The Morgan fingerprint density at radius 1 is 0.848 bits per heavy atom. The molecule has 1 saturated heterocycles. The number of benzene rings is 1. The molecular weight excluding hydrogens is 400 g/mol. The minimum absolute atomic E-state index is 0.515. The van der Waals surface area contributed by atoms with E-state index in [1.54, 1.807) is 12.0 Å². The van der Waals surface area contributed by atoms with Crippen molar-refractivity contribution >= 4 is 10.8 Å². The van der Waals surface area contributed by atoms with E-state index in [1.807, 2.05) is 12.4 Å². The largest absolute Gasteiger partial charge is 0.300 e. The summed E-state index contributed by atoms with van der Waals surface area (Å²) >= 11 is 0. The van der Waals surface area contributed by atoms with Crippen molar-refractivity contribution < 1.29 is 0 Å². The zero-order chi connectivity index (χ0) is 22.0. The van der Waals surface area contributed by atoms with Crippen LogP contribution in [0, 0.1) is 35.0 Å². The van der Waals surface area contributed by atoms with E-state index in [1.165, 1.54) is 88.1 Å². The summed E-state index contributed by atoms with van der Waals surface area (Å²) in [5.74, 6) is 5.88. The fourth-order valence-electron chi connectivity index (χ4n) is 10.1. The van der Waals surface area contributed by atoms with Gasteiger partial charge in [-0.3, -0.25) is 4.98 Å². The van der Waals surface area contributed by atoms with Gasteiger partial charge < -0.3 is 4.90 Å². The molecule has 2 nitrogen and oxygen atoms in total. The Labute approximate surface area is 200 Å². The van der Waals surface area contributed by atoms with Gasteiger partial charge in [0.05, 0.1) is 0 Å². The number of fused-ring (bicyclic) bond motifs is 6. The number of nitrogens with zero attached hydrogens (tertiary/aromatic N) is 2. The van der Waals surface area contributed by atoms with Gasteiger partial charge in [0, 0.05) is 23.8 Å². The number of rotatable bonds is 2. The number of hydrogen-bond acceptors (Lipinski definition) is 2. The molecule has 0 bridgehead atoms. The van der Waals surface area contributed by atoms with Gasteiger partial charge in [-0.25, -0.2) is 0 Å². The molecule has 2 aromatic rings. The van der Waals surface area contributed by atoms with E-state index in [0.717, 1.165) is 41.5 Å². The second-order valence-corrected chi connectivity index (χ2v) is 12.8. The topological polar surface area (TPSA) is 16.1 Å². The smallest absolute Gasteiger partial charge is 0.0346 e. The first kappa shape index (κ1) is 20.9. The standard InChI is InChI=1S/C31H42N2/c1-31-14-12-27-26-9-7-25(33-16-2-3-17-33)19-22(26)6-8-28(27)30(31)11-10-29(31)23-4-5-24-20-32-15-13-21(24)18-23/h4-5,13,15,18,20,22,25-30H,2-3,6-12,14,16-17,19H2,1H3. The quantitative estimate of drug-likeness (QED) is 0.480. The molecule has 5 fully saturated rings. The molecule has 1 aromatic carbocycles. The lowest BCUT2D eigenvalue weighted by atomic mass is 9.49. The van der Waals surface area contributed by atoms with Crippen molar-refractivity contribution in [1.82, 2.24) is 9.88 Å². The fourth-order valence-corrected chi connectivity index (χ4v) is 10.1. The van der Waals surface area contributed by atoms with E-state index in [0.29, 0.717) is 5.41 Å². The Morgan fingerprint density at radius 2 is 1.73 bits per heavy atom. The van der Waals surface area contributed by atoms with Gasteiger partial charge in [0.2, 0.25) is 0 Å².